The van der Waals surface area contributed by atoms with Crippen LogP contribution in [0, 0.1) is 11.7 Å². The van der Waals surface area contributed by atoms with Gasteiger partial charge in [0.15, 0.2) is 0 Å². The summed E-state index contributed by atoms with van der Waals surface area (Å²) in [5.74, 6) is 0.398. The number of carbonyl (C=O) groups is 1. The molecule has 2 aliphatic rings. The van der Waals surface area contributed by atoms with Gasteiger partial charge in [-0.3, -0.25) is 4.79 Å². The molecule has 2 nitrogen and oxygen atoms in total. The second-order valence-corrected chi connectivity index (χ2v) is 5.16. The van der Waals surface area contributed by atoms with Crippen molar-refractivity contribution in [3.05, 3.63) is 41.2 Å². The Hall–Kier alpha value is -1.64. The van der Waals surface area contributed by atoms with Gasteiger partial charge in [0.2, 0.25) is 5.91 Å². The first kappa shape index (κ1) is 11.5. The zero-order valence-corrected chi connectivity index (χ0v) is 10.2. The van der Waals surface area contributed by atoms with Crippen molar-refractivity contribution in [1.29, 1.82) is 0 Å². The van der Waals surface area contributed by atoms with Crippen LogP contribution < -0.4 is 5.32 Å². The summed E-state index contributed by atoms with van der Waals surface area (Å²) < 4.78 is 13.2. The molecule has 3 rings (SSSR count). The van der Waals surface area contributed by atoms with Gasteiger partial charge in [-0.1, -0.05) is 6.07 Å². The molecule has 0 unspecified atom stereocenters. The molecule has 1 fully saturated rings. The monoisotopic (exact) mass is 245 g/mol. The summed E-state index contributed by atoms with van der Waals surface area (Å²) in [6, 6.07) is 4.82. The Morgan fingerprint density at radius 1 is 1.39 bits per heavy atom. The maximum atomic E-state index is 13.2. The number of allylic oxidation sites excluding steroid dienone is 1. The summed E-state index contributed by atoms with van der Waals surface area (Å²) in [7, 11) is 0. The first-order valence-electron chi connectivity index (χ1n) is 6.49. The third-order valence-electron chi connectivity index (χ3n) is 3.65. The molecule has 3 heteroatoms. The number of nitrogens with one attached hydrogen (secondary N) is 1. The molecule has 0 spiro atoms. The van der Waals surface area contributed by atoms with E-state index in [1.165, 1.54) is 25.0 Å². The highest BCUT2D eigenvalue weighted by Gasteiger charge is 2.22. The normalized spacial score (nSPS) is 19.9. The van der Waals surface area contributed by atoms with Crippen LogP contribution in [0.25, 0.3) is 5.57 Å². The van der Waals surface area contributed by atoms with Gasteiger partial charge in [0.1, 0.15) is 5.82 Å². The van der Waals surface area contributed by atoms with Crippen molar-refractivity contribution in [2.45, 2.75) is 25.7 Å². The molecular formula is C15H16FNO. The van der Waals surface area contributed by atoms with Crippen molar-refractivity contribution in [2.75, 3.05) is 6.54 Å². The molecular weight excluding hydrogens is 229 g/mol. The molecule has 0 radical (unpaired) electrons. The van der Waals surface area contributed by atoms with Crippen LogP contribution in [-0.2, 0) is 11.2 Å². The Kier molecular flexibility index (Phi) is 2.90. The molecule has 1 aromatic rings. The molecule has 0 aromatic heterocycles. The third-order valence-corrected chi connectivity index (χ3v) is 3.65. The van der Waals surface area contributed by atoms with Gasteiger partial charge in [-0.05, 0) is 60.4 Å². The van der Waals surface area contributed by atoms with Crippen LogP contribution in [0.3, 0.4) is 0 Å². The highest BCUT2D eigenvalue weighted by molar-refractivity contribution is 5.96. The first-order valence-corrected chi connectivity index (χ1v) is 6.49. The number of hydrogen-bond donors (Lipinski definition) is 1. The molecule has 0 atom stereocenters. The molecule has 1 N–H and O–H groups in total. The van der Waals surface area contributed by atoms with Crippen molar-refractivity contribution in [1.82, 2.24) is 5.32 Å². The van der Waals surface area contributed by atoms with Gasteiger partial charge in [-0.15, -0.1) is 0 Å². The van der Waals surface area contributed by atoms with Crippen molar-refractivity contribution < 1.29 is 9.18 Å². The third kappa shape index (κ3) is 2.45. The lowest BCUT2D eigenvalue weighted by molar-refractivity contribution is -0.116. The number of carbonyl (C=O) groups excluding carboxylic acids is 1. The largest absolute Gasteiger partial charge is 0.352 e. The number of rotatable bonds is 3. The van der Waals surface area contributed by atoms with E-state index in [9.17, 15) is 9.18 Å². The van der Waals surface area contributed by atoms with Gasteiger partial charge in [0.05, 0.1) is 0 Å². The zero-order valence-electron chi connectivity index (χ0n) is 10.2. The van der Waals surface area contributed by atoms with Gasteiger partial charge in [0.25, 0.3) is 0 Å². The van der Waals surface area contributed by atoms with E-state index >= 15 is 0 Å². The predicted octanol–water partition coefficient (Wildman–Crippen LogP) is 2.68. The molecule has 0 bridgehead atoms. The molecule has 18 heavy (non-hydrogen) atoms. The molecule has 0 aliphatic heterocycles. The average Bonchev–Trinajstić information content (AvgIpc) is 3.11. The molecule has 0 saturated heterocycles. The van der Waals surface area contributed by atoms with E-state index in [4.69, 9.17) is 0 Å². The molecule has 1 saturated carbocycles. The van der Waals surface area contributed by atoms with E-state index < -0.39 is 0 Å². The number of aryl methyl sites for hydroxylation is 1. The lowest BCUT2D eigenvalue weighted by Gasteiger charge is -2.03. The van der Waals surface area contributed by atoms with Gasteiger partial charge in [0, 0.05) is 12.6 Å². The lowest BCUT2D eigenvalue weighted by Crippen LogP contribution is -2.23. The molecule has 94 valence electrons. The topological polar surface area (TPSA) is 29.1 Å². The van der Waals surface area contributed by atoms with E-state index in [0.29, 0.717) is 5.92 Å². The van der Waals surface area contributed by atoms with Crippen LogP contribution in [-0.4, -0.2) is 12.5 Å². The Balaban J connectivity index is 1.73. The quantitative estimate of drug-likeness (QED) is 0.815. The Morgan fingerprint density at radius 2 is 2.22 bits per heavy atom. The maximum absolute atomic E-state index is 13.2. The van der Waals surface area contributed by atoms with Crippen LogP contribution in [0.1, 0.15) is 30.4 Å². The Bertz CT molecular complexity index is 517. The van der Waals surface area contributed by atoms with Crippen molar-refractivity contribution in [2.24, 2.45) is 5.92 Å². The van der Waals surface area contributed by atoms with Gasteiger partial charge >= 0.3 is 0 Å². The molecule has 0 heterocycles. The standard InChI is InChI=1S/C15H16FNO/c16-13-6-5-11-3-4-12(14(11)8-13)7-15(18)17-9-10-1-2-10/h5-8,10H,1-4,9H2,(H,17,18)/b12-7-. The SMILES string of the molecule is O=C(/C=C1/CCc2ccc(F)cc21)NCC1CC1. The fourth-order valence-electron chi connectivity index (χ4n) is 2.40. The first-order chi connectivity index (χ1) is 8.72. The number of hydrogen-bond acceptors (Lipinski definition) is 1. The molecule has 2 aliphatic carbocycles. The average molecular weight is 245 g/mol. The van der Waals surface area contributed by atoms with Crippen LogP contribution in [0.4, 0.5) is 4.39 Å². The van der Waals surface area contributed by atoms with Crippen LogP contribution in [0.2, 0.25) is 0 Å². The zero-order chi connectivity index (χ0) is 12.5. The number of benzene rings is 1. The Morgan fingerprint density at radius 3 is 3.00 bits per heavy atom. The summed E-state index contributed by atoms with van der Waals surface area (Å²) in [6.07, 6.45) is 5.82. The van der Waals surface area contributed by atoms with E-state index in [0.717, 1.165) is 36.1 Å². The second kappa shape index (κ2) is 4.56. The number of halogens is 1. The van der Waals surface area contributed by atoms with Crippen molar-refractivity contribution in [3.63, 3.8) is 0 Å². The smallest absolute Gasteiger partial charge is 0.244 e. The van der Waals surface area contributed by atoms with Crippen molar-refractivity contribution in [3.8, 4) is 0 Å². The van der Waals surface area contributed by atoms with Crippen LogP contribution in [0.5, 0.6) is 0 Å². The summed E-state index contributed by atoms with van der Waals surface area (Å²) in [5, 5.41) is 2.91. The second-order valence-electron chi connectivity index (χ2n) is 5.16. The number of fused-ring (bicyclic) bond motifs is 1. The number of amides is 1. The van der Waals surface area contributed by atoms with Gasteiger partial charge in [-0.2, -0.15) is 0 Å². The van der Waals surface area contributed by atoms with Gasteiger partial charge in [-0.25, -0.2) is 4.39 Å². The van der Waals surface area contributed by atoms with E-state index in [2.05, 4.69) is 5.32 Å². The van der Waals surface area contributed by atoms with Crippen LogP contribution in [0.15, 0.2) is 24.3 Å². The van der Waals surface area contributed by atoms with E-state index in [-0.39, 0.29) is 11.7 Å². The maximum Gasteiger partial charge on any atom is 0.244 e. The predicted molar refractivity (Wildman–Crippen MR) is 68.4 cm³/mol. The highest BCUT2D eigenvalue weighted by Crippen LogP contribution is 2.32. The summed E-state index contributed by atoms with van der Waals surface area (Å²) in [5.41, 5.74) is 2.99. The fraction of sp³-hybridized carbons (Fsp3) is 0.400. The van der Waals surface area contributed by atoms with E-state index in [1.807, 2.05) is 6.07 Å². The summed E-state index contributed by atoms with van der Waals surface area (Å²) >= 11 is 0. The van der Waals surface area contributed by atoms with E-state index in [1.54, 1.807) is 6.08 Å². The molecule has 1 amide bonds. The van der Waals surface area contributed by atoms with Gasteiger partial charge < -0.3 is 5.32 Å². The molecule has 1 aromatic carbocycles. The summed E-state index contributed by atoms with van der Waals surface area (Å²) in [6.45, 7) is 0.776. The fourth-order valence-corrected chi connectivity index (χ4v) is 2.40. The minimum atomic E-state index is -0.236. The minimum absolute atomic E-state index is 0.0472. The summed E-state index contributed by atoms with van der Waals surface area (Å²) in [4.78, 5) is 11.7. The highest BCUT2D eigenvalue weighted by atomic mass is 19.1. The van der Waals surface area contributed by atoms with Crippen LogP contribution >= 0.6 is 0 Å². The lowest BCUT2D eigenvalue weighted by atomic mass is 10.1. The van der Waals surface area contributed by atoms with Crippen molar-refractivity contribution >= 4 is 11.5 Å². The minimum Gasteiger partial charge on any atom is -0.352 e. The Labute approximate surface area is 106 Å².